The molecule has 10 nitrogen and oxygen atoms in total. The van der Waals surface area contributed by atoms with Gasteiger partial charge >= 0.3 is 0 Å². The van der Waals surface area contributed by atoms with Gasteiger partial charge in [0.1, 0.15) is 18.1 Å². The van der Waals surface area contributed by atoms with E-state index in [9.17, 15) is 9.60 Å². The summed E-state index contributed by atoms with van der Waals surface area (Å²) in [5.74, 6) is -0.209. The zero-order valence-corrected chi connectivity index (χ0v) is 16.2. The van der Waals surface area contributed by atoms with E-state index in [0.29, 0.717) is 5.82 Å². The Labute approximate surface area is 173 Å². The van der Waals surface area contributed by atoms with Crippen LogP contribution in [-0.4, -0.2) is 41.6 Å². The number of aromatic nitrogens is 6. The SMILES string of the molecule is Cc1cccc(-c2nnn(Cc3nonc3C(=Nc3ccc(F)c(Cl)c3)NO)n2)c1. The normalized spacial score (nSPS) is 11.7. The average molecular weight is 429 g/mol. The largest absolute Gasteiger partial charge is 0.290 e. The number of nitrogens with one attached hydrogen (secondary N) is 1. The van der Waals surface area contributed by atoms with Crippen LogP contribution in [0.2, 0.25) is 5.02 Å². The molecule has 0 atom stereocenters. The first-order valence-electron chi connectivity index (χ1n) is 8.64. The van der Waals surface area contributed by atoms with Gasteiger partial charge in [0.05, 0.1) is 10.7 Å². The number of aliphatic imine (C=N–C) groups is 1. The van der Waals surface area contributed by atoms with Gasteiger partial charge in [-0.15, -0.1) is 10.2 Å². The lowest BCUT2D eigenvalue weighted by atomic mass is 10.1. The molecule has 0 amide bonds. The van der Waals surface area contributed by atoms with E-state index in [1.165, 1.54) is 16.9 Å². The van der Waals surface area contributed by atoms with Crippen LogP contribution in [0.4, 0.5) is 10.1 Å². The van der Waals surface area contributed by atoms with Gasteiger partial charge < -0.3 is 0 Å². The number of aryl methyl sites for hydroxylation is 1. The van der Waals surface area contributed by atoms with Gasteiger partial charge in [-0.3, -0.25) is 10.7 Å². The van der Waals surface area contributed by atoms with Gasteiger partial charge in [0.25, 0.3) is 0 Å². The van der Waals surface area contributed by atoms with Crippen molar-refractivity contribution in [3.05, 3.63) is 70.3 Å². The lowest BCUT2D eigenvalue weighted by molar-refractivity contribution is 0.234. The lowest BCUT2D eigenvalue weighted by Gasteiger charge is -2.03. The number of nitrogens with zero attached hydrogens (tertiary/aromatic N) is 7. The molecule has 12 heteroatoms. The summed E-state index contributed by atoms with van der Waals surface area (Å²) in [4.78, 5) is 5.47. The number of halogens is 2. The number of hydroxylamine groups is 1. The number of tetrazole rings is 1. The van der Waals surface area contributed by atoms with E-state index >= 15 is 0 Å². The van der Waals surface area contributed by atoms with Crippen LogP contribution in [0.15, 0.2) is 52.1 Å². The molecule has 0 aliphatic heterocycles. The monoisotopic (exact) mass is 428 g/mol. The highest BCUT2D eigenvalue weighted by Crippen LogP contribution is 2.22. The number of hydrogen-bond donors (Lipinski definition) is 2. The third kappa shape index (κ3) is 4.16. The maximum Gasteiger partial charge on any atom is 0.204 e. The maximum atomic E-state index is 13.3. The van der Waals surface area contributed by atoms with Crippen molar-refractivity contribution in [2.75, 3.05) is 0 Å². The highest BCUT2D eigenvalue weighted by atomic mass is 35.5. The smallest absolute Gasteiger partial charge is 0.204 e. The summed E-state index contributed by atoms with van der Waals surface area (Å²) in [6.45, 7) is 2.03. The van der Waals surface area contributed by atoms with Gasteiger partial charge in [-0.25, -0.2) is 14.0 Å². The summed E-state index contributed by atoms with van der Waals surface area (Å²) >= 11 is 5.77. The molecule has 2 N–H and O–H groups in total. The van der Waals surface area contributed by atoms with E-state index in [1.54, 1.807) is 0 Å². The minimum atomic E-state index is -0.584. The van der Waals surface area contributed by atoms with Crippen molar-refractivity contribution in [3.63, 3.8) is 0 Å². The summed E-state index contributed by atoms with van der Waals surface area (Å²) < 4.78 is 18.1. The van der Waals surface area contributed by atoms with Crippen molar-refractivity contribution in [2.45, 2.75) is 13.5 Å². The molecule has 0 unspecified atom stereocenters. The molecular formula is C18H14ClFN8O2. The zero-order valence-electron chi connectivity index (χ0n) is 15.5. The van der Waals surface area contributed by atoms with Crippen molar-refractivity contribution in [1.29, 1.82) is 0 Å². The Balaban J connectivity index is 1.60. The van der Waals surface area contributed by atoms with E-state index in [-0.39, 0.29) is 34.5 Å². The zero-order chi connectivity index (χ0) is 21.1. The standard InChI is InChI=1S/C18H14ClFN8O2/c1-10-3-2-4-11(7-10)17-22-27-28(23-17)9-15-16(26-30-25-15)18(24-29)21-12-5-6-14(20)13(19)8-12/h2-8,29H,9H2,1H3,(H,21,24). The molecule has 0 saturated carbocycles. The number of amidine groups is 1. The second-order valence-electron chi connectivity index (χ2n) is 6.24. The Morgan fingerprint density at radius 1 is 1.27 bits per heavy atom. The van der Waals surface area contributed by atoms with Crippen LogP contribution >= 0.6 is 11.6 Å². The van der Waals surface area contributed by atoms with Crippen molar-refractivity contribution >= 4 is 23.1 Å². The first-order valence-corrected chi connectivity index (χ1v) is 9.02. The second kappa shape index (κ2) is 8.35. The first kappa shape index (κ1) is 19.6. The molecule has 0 aliphatic rings. The van der Waals surface area contributed by atoms with Gasteiger partial charge in [0, 0.05) is 5.56 Å². The molecule has 4 rings (SSSR count). The Kier molecular flexibility index (Phi) is 5.46. The molecule has 152 valence electrons. The fourth-order valence-electron chi connectivity index (χ4n) is 2.65. The molecule has 0 fully saturated rings. The van der Waals surface area contributed by atoms with Gasteiger partial charge in [-0.05, 0) is 41.6 Å². The predicted octanol–water partition coefficient (Wildman–Crippen LogP) is 2.93. The summed E-state index contributed by atoms with van der Waals surface area (Å²) in [5.41, 5.74) is 4.52. The molecule has 4 aromatic rings. The minimum Gasteiger partial charge on any atom is -0.290 e. The first-order chi connectivity index (χ1) is 14.5. The van der Waals surface area contributed by atoms with Gasteiger partial charge in [-0.1, -0.05) is 40.5 Å². The van der Waals surface area contributed by atoms with Crippen molar-refractivity contribution < 1.29 is 14.2 Å². The van der Waals surface area contributed by atoms with Gasteiger partial charge in [0.2, 0.25) is 5.82 Å². The second-order valence-corrected chi connectivity index (χ2v) is 6.65. The van der Waals surface area contributed by atoms with Crippen molar-refractivity contribution in [1.82, 2.24) is 36.0 Å². The summed E-state index contributed by atoms with van der Waals surface area (Å²) in [6, 6.07) is 11.5. The molecule has 0 aliphatic carbocycles. The third-order valence-electron chi connectivity index (χ3n) is 4.05. The van der Waals surface area contributed by atoms with Crippen LogP contribution in [0.25, 0.3) is 11.4 Å². The highest BCUT2D eigenvalue weighted by molar-refractivity contribution is 6.31. The van der Waals surface area contributed by atoms with Crippen molar-refractivity contribution in [2.24, 2.45) is 4.99 Å². The molecule has 30 heavy (non-hydrogen) atoms. The van der Waals surface area contributed by atoms with Crippen LogP contribution in [-0.2, 0) is 6.54 Å². The molecule has 2 aromatic carbocycles. The highest BCUT2D eigenvalue weighted by Gasteiger charge is 2.19. The van der Waals surface area contributed by atoms with E-state index < -0.39 is 5.82 Å². The molecule has 0 spiro atoms. The molecule has 0 radical (unpaired) electrons. The lowest BCUT2D eigenvalue weighted by Crippen LogP contribution is -2.23. The summed E-state index contributed by atoms with van der Waals surface area (Å²) in [6.07, 6.45) is 0. The summed E-state index contributed by atoms with van der Waals surface area (Å²) in [5, 5.41) is 29.4. The van der Waals surface area contributed by atoms with Crippen LogP contribution in [0.1, 0.15) is 17.0 Å². The summed E-state index contributed by atoms with van der Waals surface area (Å²) in [7, 11) is 0. The number of benzene rings is 2. The Morgan fingerprint density at radius 3 is 2.90 bits per heavy atom. The number of hydrogen-bond acceptors (Lipinski definition) is 8. The maximum absolute atomic E-state index is 13.3. The minimum absolute atomic E-state index is 0.0581. The molecule has 2 heterocycles. The van der Waals surface area contributed by atoms with Crippen LogP contribution in [0, 0.1) is 12.7 Å². The van der Waals surface area contributed by atoms with Gasteiger partial charge in [-0.2, -0.15) is 4.80 Å². The van der Waals surface area contributed by atoms with Crippen LogP contribution in [0.3, 0.4) is 0 Å². The molecule has 0 saturated heterocycles. The van der Waals surface area contributed by atoms with E-state index in [1.807, 2.05) is 36.7 Å². The quantitative estimate of drug-likeness (QED) is 0.282. The van der Waals surface area contributed by atoms with Crippen molar-refractivity contribution in [3.8, 4) is 11.4 Å². The Hall–Kier alpha value is -3.70. The Bertz CT molecular complexity index is 1220. The van der Waals surface area contributed by atoms with E-state index in [2.05, 4.69) is 30.7 Å². The van der Waals surface area contributed by atoms with Crippen LogP contribution < -0.4 is 5.48 Å². The van der Waals surface area contributed by atoms with E-state index in [0.717, 1.165) is 17.2 Å². The molecule has 0 bridgehead atoms. The number of rotatable bonds is 5. The fraction of sp³-hybridized carbons (Fsp3) is 0.111. The predicted molar refractivity (Wildman–Crippen MR) is 104 cm³/mol. The molecule has 2 aromatic heterocycles. The third-order valence-corrected chi connectivity index (χ3v) is 4.34. The topological polar surface area (TPSA) is 127 Å². The van der Waals surface area contributed by atoms with Gasteiger partial charge in [0.15, 0.2) is 11.5 Å². The molecular weight excluding hydrogens is 415 g/mol. The Morgan fingerprint density at radius 2 is 2.13 bits per heavy atom. The van der Waals surface area contributed by atoms with Crippen LogP contribution in [0.5, 0.6) is 0 Å². The average Bonchev–Trinajstić information content (AvgIpc) is 3.39. The van der Waals surface area contributed by atoms with E-state index in [4.69, 9.17) is 16.2 Å². The fourth-order valence-corrected chi connectivity index (χ4v) is 2.82.